The minimum atomic E-state index is -0.595. The van der Waals surface area contributed by atoms with Gasteiger partial charge < -0.3 is 5.11 Å². The van der Waals surface area contributed by atoms with E-state index in [1.54, 1.807) is 0 Å². The molecule has 0 aromatic heterocycles. The normalized spacial score (nSPS) is 37.9. The van der Waals surface area contributed by atoms with Crippen LogP contribution in [0.1, 0.15) is 32.6 Å². The topological polar surface area (TPSA) is 54.4 Å². The van der Waals surface area contributed by atoms with Crippen molar-refractivity contribution >= 4 is 11.6 Å². The Bertz CT molecular complexity index is 329. The second kappa shape index (κ2) is 3.02. The molecule has 3 nitrogen and oxygen atoms in total. The number of carbonyl (C=O) groups is 2. The lowest BCUT2D eigenvalue weighted by atomic mass is 9.64. The van der Waals surface area contributed by atoms with Crippen LogP contribution < -0.4 is 0 Å². The predicted octanol–water partition coefficient (Wildman–Crippen LogP) is 1.01. The Hall–Kier alpha value is -0.960. The largest absolute Gasteiger partial charge is 0.389 e. The Morgan fingerprint density at radius 3 is 2.86 bits per heavy atom. The second-order valence-electron chi connectivity index (χ2n) is 4.38. The van der Waals surface area contributed by atoms with Gasteiger partial charge in [-0.05, 0) is 31.4 Å². The third-order valence-electron chi connectivity index (χ3n) is 3.44. The predicted molar refractivity (Wildman–Crippen MR) is 50.7 cm³/mol. The zero-order valence-corrected chi connectivity index (χ0v) is 8.25. The molecular formula is C11H14O3. The average Bonchev–Trinajstić information content (AvgIpc) is 2.16. The van der Waals surface area contributed by atoms with Gasteiger partial charge in [-0.1, -0.05) is 0 Å². The van der Waals surface area contributed by atoms with Crippen molar-refractivity contribution in [3.63, 3.8) is 0 Å². The van der Waals surface area contributed by atoms with Crippen LogP contribution in [0.3, 0.4) is 0 Å². The highest BCUT2D eigenvalue weighted by Crippen LogP contribution is 2.44. The molecule has 0 spiro atoms. The number of rotatable bonds is 0. The fourth-order valence-corrected chi connectivity index (χ4v) is 2.39. The van der Waals surface area contributed by atoms with Crippen LogP contribution in [0.5, 0.6) is 0 Å². The maximum Gasteiger partial charge on any atom is 0.155 e. The number of fused-ring (bicyclic) bond motifs is 1. The Morgan fingerprint density at radius 1 is 1.43 bits per heavy atom. The molecule has 0 radical (unpaired) electrons. The third kappa shape index (κ3) is 1.23. The summed E-state index contributed by atoms with van der Waals surface area (Å²) in [6.07, 6.45) is 2.77. The van der Waals surface area contributed by atoms with Crippen molar-refractivity contribution in [1.29, 1.82) is 0 Å². The van der Waals surface area contributed by atoms with Gasteiger partial charge in [0.05, 0.1) is 11.5 Å². The van der Waals surface area contributed by atoms with Crippen LogP contribution in [-0.2, 0) is 9.59 Å². The molecule has 0 aromatic carbocycles. The van der Waals surface area contributed by atoms with E-state index in [0.29, 0.717) is 31.3 Å². The fourth-order valence-electron chi connectivity index (χ4n) is 2.39. The van der Waals surface area contributed by atoms with Crippen molar-refractivity contribution in [3.05, 3.63) is 11.6 Å². The highest BCUT2D eigenvalue weighted by Gasteiger charge is 2.45. The molecular weight excluding hydrogens is 180 g/mol. The molecule has 1 saturated carbocycles. The zero-order chi connectivity index (χ0) is 10.3. The summed E-state index contributed by atoms with van der Waals surface area (Å²) in [6.45, 7) is 1.84. The molecule has 76 valence electrons. The SMILES string of the molecule is C[C@]12CCC(=O)C=C1[C@H](O)CCC2=O. The molecule has 2 atom stereocenters. The molecule has 0 saturated heterocycles. The number of hydrogen-bond donors (Lipinski definition) is 1. The highest BCUT2D eigenvalue weighted by atomic mass is 16.3. The van der Waals surface area contributed by atoms with Gasteiger partial charge >= 0.3 is 0 Å². The van der Waals surface area contributed by atoms with Gasteiger partial charge in [0.25, 0.3) is 0 Å². The smallest absolute Gasteiger partial charge is 0.155 e. The van der Waals surface area contributed by atoms with E-state index >= 15 is 0 Å². The van der Waals surface area contributed by atoms with Gasteiger partial charge in [0, 0.05) is 12.8 Å². The minimum Gasteiger partial charge on any atom is -0.389 e. The van der Waals surface area contributed by atoms with Crippen molar-refractivity contribution in [1.82, 2.24) is 0 Å². The summed E-state index contributed by atoms with van der Waals surface area (Å²) >= 11 is 0. The molecule has 0 aliphatic heterocycles. The summed E-state index contributed by atoms with van der Waals surface area (Å²) in [6, 6.07) is 0. The number of Topliss-reactive ketones (excluding diaryl/α,β-unsaturated/α-hetero) is 1. The molecule has 0 bridgehead atoms. The Morgan fingerprint density at radius 2 is 2.14 bits per heavy atom. The Kier molecular flexibility index (Phi) is 2.07. The number of aliphatic hydroxyl groups is 1. The Balaban J connectivity index is 2.45. The van der Waals surface area contributed by atoms with E-state index < -0.39 is 11.5 Å². The van der Waals surface area contributed by atoms with E-state index in [4.69, 9.17) is 0 Å². The first-order valence-corrected chi connectivity index (χ1v) is 5.00. The van der Waals surface area contributed by atoms with Crippen LogP contribution in [0.25, 0.3) is 0 Å². The van der Waals surface area contributed by atoms with Gasteiger partial charge in [0.2, 0.25) is 0 Å². The molecule has 0 amide bonds. The molecule has 1 N–H and O–H groups in total. The quantitative estimate of drug-likeness (QED) is 0.626. The van der Waals surface area contributed by atoms with Gasteiger partial charge in [-0.25, -0.2) is 0 Å². The summed E-state index contributed by atoms with van der Waals surface area (Å²) in [7, 11) is 0. The van der Waals surface area contributed by atoms with Crippen LogP contribution in [0.2, 0.25) is 0 Å². The first-order chi connectivity index (χ1) is 6.54. The van der Waals surface area contributed by atoms with E-state index in [1.807, 2.05) is 6.92 Å². The molecule has 0 heterocycles. The fraction of sp³-hybridized carbons (Fsp3) is 0.636. The molecule has 3 heteroatoms. The van der Waals surface area contributed by atoms with Gasteiger partial charge in [-0.2, -0.15) is 0 Å². The summed E-state index contributed by atoms with van der Waals surface area (Å²) in [5.41, 5.74) is 0.0796. The average molecular weight is 194 g/mol. The summed E-state index contributed by atoms with van der Waals surface area (Å²) in [4.78, 5) is 23.0. The van der Waals surface area contributed by atoms with Gasteiger partial charge in [0.1, 0.15) is 5.78 Å². The van der Waals surface area contributed by atoms with Gasteiger partial charge in [0.15, 0.2) is 5.78 Å². The lowest BCUT2D eigenvalue weighted by Gasteiger charge is -2.39. The number of hydrogen-bond acceptors (Lipinski definition) is 3. The summed E-state index contributed by atoms with van der Waals surface area (Å²) < 4.78 is 0. The van der Waals surface area contributed by atoms with Gasteiger partial charge in [-0.15, -0.1) is 0 Å². The molecule has 0 aromatic rings. The van der Waals surface area contributed by atoms with E-state index in [1.165, 1.54) is 6.08 Å². The Labute approximate surface area is 82.8 Å². The maximum absolute atomic E-state index is 11.7. The van der Waals surface area contributed by atoms with Crippen molar-refractivity contribution in [2.75, 3.05) is 0 Å². The van der Waals surface area contributed by atoms with Crippen molar-refractivity contribution in [2.45, 2.75) is 38.7 Å². The molecule has 0 unspecified atom stereocenters. The van der Waals surface area contributed by atoms with Crippen LogP contribution in [0.4, 0.5) is 0 Å². The van der Waals surface area contributed by atoms with E-state index in [2.05, 4.69) is 0 Å². The number of aliphatic hydroxyl groups excluding tert-OH is 1. The molecule has 2 aliphatic carbocycles. The second-order valence-corrected chi connectivity index (χ2v) is 4.38. The first kappa shape index (κ1) is 9.59. The molecule has 1 fully saturated rings. The summed E-state index contributed by atoms with van der Waals surface area (Å²) in [5, 5.41) is 9.73. The maximum atomic E-state index is 11.7. The first-order valence-electron chi connectivity index (χ1n) is 5.00. The lowest BCUT2D eigenvalue weighted by Crippen LogP contribution is -2.42. The lowest BCUT2D eigenvalue weighted by molar-refractivity contribution is -0.131. The third-order valence-corrected chi connectivity index (χ3v) is 3.44. The number of carbonyl (C=O) groups excluding carboxylic acids is 2. The minimum absolute atomic E-state index is 0.0335. The van der Waals surface area contributed by atoms with Crippen LogP contribution >= 0.6 is 0 Å². The number of ketones is 2. The molecule has 14 heavy (non-hydrogen) atoms. The van der Waals surface area contributed by atoms with Crippen LogP contribution in [0.15, 0.2) is 11.6 Å². The van der Waals surface area contributed by atoms with E-state index in [-0.39, 0.29) is 11.6 Å². The number of allylic oxidation sites excluding steroid dienone is 1. The van der Waals surface area contributed by atoms with Crippen molar-refractivity contribution in [2.24, 2.45) is 5.41 Å². The van der Waals surface area contributed by atoms with Crippen molar-refractivity contribution in [3.8, 4) is 0 Å². The van der Waals surface area contributed by atoms with Crippen molar-refractivity contribution < 1.29 is 14.7 Å². The van der Waals surface area contributed by atoms with E-state index in [9.17, 15) is 14.7 Å². The van der Waals surface area contributed by atoms with E-state index in [0.717, 1.165) is 0 Å². The molecule has 2 aliphatic rings. The highest BCUT2D eigenvalue weighted by molar-refractivity contribution is 5.98. The zero-order valence-electron chi connectivity index (χ0n) is 8.25. The monoisotopic (exact) mass is 194 g/mol. The van der Waals surface area contributed by atoms with Crippen LogP contribution in [0, 0.1) is 5.41 Å². The summed E-state index contributed by atoms with van der Waals surface area (Å²) in [5.74, 6) is 0.202. The van der Waals surface area contributed by atoms with Crippen LogP contribution in [-0.4, -0.2) is 22.8 Å². The molecule has 2 rings (SSSR count). The standard InChI is InChI=1S/C11H14O3/c1-11-5-4-7(12)6-8(11)9(13)2-3-10(11)14/h6,9,13H,2-5H2,1H3/t9-,11+/m1/s1. The van der Waals surface area contributed by atoms with Gasteiger partial charge in [-0.3, -0.25) is 9.59 Å².